The molecular formula is C9H7Br2IO. The Bertz CT molecular complexity index is 350. The smallest absolute Gasteiger partial charge is 0.175 e. The van der Waals surface area contributed by atoms with Gasteiger partial charge in [0.1, 0.15) is 0 Å². The maximum absolute atomic E-state index is 11.5. The minimum absolute atomic E-state index is 0.111. The third-order valence-corrected chi connectivity index (χ3v) is 4.11. The van der Waals surface area contributed by atoms with Gasteiger partial charge >= 0.3 is 0 Å². The van der Waals surface area contributed by atoms with Crippen molar-refractivity contribution in [2.45, 2.75) is 6.92 Å². The second kappa shape index (κ2) is 4.89. The van der Waals surface area contributed by atoms with Crippen LogP contribution in [0.3, 0.4) is 0 Å². The van der Waals surface area contributed by atoms with E-state index in [1.807, 2.05) is 19.1 Å². The number of alkyl halides is 1. The molecule has 70 valence electrons. The highest BCUT2D eigenvalue weighted by molar-refractivity contribution is 14.1. The summed E-state index contributed by atoms with van der Waals surface area (Å²) in [5.74, 6) is 0.111. The summed E-state index contributed by atoms with van der Waals surface area (Å²) >= 11 is 8.77. The van der Waals surface area contributed by atoms with Crippen molar-refractivity contribution in [2.24, 2.45) is 0 Å². The van der Waals surface area contributed by atoms with Crippen molar-refractivity contribution in [3.8, 4) is 0 Å². The highest BCUT2D eigenvalue weighted by Gasteiger charge is 2.13. The van der Waals surface area contributed by atoms with Gasteiger partial charge in [-0.3, -0.25) is 4.79 Å². The van der Waals surface area contributed by atoms with Crippen LogP contribution < -0.4 is 0 Å². The fourth-order valence-electron chi connectivity index (χ4n) is 0.979. The van der Waals surface area contributed by atoms with Gasteiger partial charge in [0.2, 0.25) is 0 Å². The molecule has 1 aromatic rings. The van der Waals surface area contributed by atoms with E-state index in [2.05, 4.69) is 54.5 Å². The van der Waals surface area contributed by atoms with Gasteiger partial charge in [-0.05, 0) is 57.1 Å². The highest BCUT2D eigenvalue weighted by atomic mass is 127. The van der Waals surface area contributed by atoms with E-state index in [1.165, 1.54) is 0 Å². The Kier molecular flexibility index (Phi) is 4.38. The molecule has 0 heterocycles. The molecule has 1 nitrogen and oxygen atoms in total. The van der Waals surface area contributed by atoms with Crippen LogP contribution in [0.2, 0.25) is 0 Å². The van der Waals surface area contributed by atoms with Crippen molar-refractivity contribution in [3.63, 3.8) is 0 Å². The Morgan fingerprint density at radius 2 is 2.15 bits per heavy atom. The van der Waals surface area contributed by atoms with Crippen molar-refractivity contribution in [1.29, 1.82) is 0 Å². The second-order valence-electron chi connectivity index (χ2n) is 2.61. The van der Waals surface area contributed by atoms with E-state index in [-0.39, 0.29) is 5.78 Å². The monoisotopic (exact) mass is 416 g/mol. The number of carbonyl (C=O) groups excluding carboxylic acids is 1. The number of ketones is 1. The Balaban J connectivity index is 3.33. The van der Waals surface area contributed by atoms with Crippen molar-refractivity contribution < 1.29 is 4.79 Å². The van der Waals surface area contributed by atoms with Gasteiger partial charge in [-0.25, -0.2) is 0 Å². The summed E-state index contributed by atoms with van der Waals surface area (Å²) in [6.45, 7) is 1.98. The summed E-state index contributed by atoms with van der Waals surface area (Å²) in [5, 5.41) is 0.366. The second-order valence-corrected chi connectivity index (χ2v) is 5.13. The first-order valence-corrected chi connectivity index (χ1v) is 6.61. The van der Waals surface area contributed by atoms with Gasteiger partial charge in [0.05, 0.1) is 5.33 Å². The van der Waals surface area contributed by atoms with Crippen LogP contribution in [0.4, 0.5) is 0 Å². The number of hydrogen-bond donors (Lipinski definition) is 0. The number of benzene rings is 1. The zero-order valence-electron chi connectivity index (χ0n) is 6.90. The molecule has 0 aliphatic rings. The molecule has 0 aliphatic heterocycles. The van der Waals surface area contributed by atoms with Crippen LogP contribution in [0.25, 0.3) is 0 Å². The van der Waals surface area contributed by atoms with Crippen LogP contribution in [0.1, 0.15) is 15.9 Å². The summed E-state index contributed by atoms with van der Waals surface area (Å²) in [6.07, 6.45) is 0. The Labute approximate surface area is 108 Å². The lowest BCUT2D eigenvalue weighted by molar-refractivity contribution is 0.102. The molecule has 0 N–H and O–H groups in total. The molecule has 1 aromatic carbocycles. The fraction of sp³-hybridized carbons (Fsp3) is 0.222. The molecule has 4 heteroatoms. The average molecular weight is 418 g/mol. The van der Waals surface area contributed by atoms with E-state index < -0.39 is 0 Å². The van der Waals surface area contributed by atoms with Gasteiger partial charge in [0, 0.05) is 13.6 Å². The lowest BCUT2D eigenvalue weighted by Gasteiger charge is -2.06. The lowest BCUT2D eigenvalue weighted by Crippen LogP contribution is -2.04. The molecule has 0 unspecified atom stereocenters. The first-order chi connectivity index (χ1) is 6.07. The minimum atomic E-state index is 0.111. The molecule has 0 aliphatic carbocycles. The van der Waals surface area contributed by atoms with Crippen LogP contribution in [-0.4, -0.2) is 11.1 Å². The SMILES string of the molecule is Cc1ccc(I)c(C(=O)CBr)c1Br. The maximum Gasteiger partial charge on any atom is 0.175 e. The van der Waals surface area contributed by atoms with E-state index >= 15 is 0 Å². The van der Waals surface area contributed by atoms with Crippen molar-refractivity contribution in [1.82, 2.24) is 0 Å². The zero-order valence-corrected chi connectivity index (χ0v) is 12.2. The number of carbonyl (C=O) groups is 1. The van der Waals surface area contributed by atoms with Crippen LogP contribution in [0, 0.1) is 10.5 Å². The molecule has 0 aromatic heterocycles. The third-order valence-electron chi connectivity index (χ3n) is 1.68. The van der Waals surface area contributed by atoms with Crippen molar-refractivity contribution >= 4 is 60.2 Å². The number of hydrogen-bond acceptors (Lipinski definition) is 1. The van der Waals surface area contributed by atoms with Gasteiger partial charge < -0.3 is 0 Å². The summed E-state index contributed by atoms with van der Waals surface area (Å²) < 4.78 is 1.89. The topological polar surface area (TPSA) is 17.1 Å². The average Bonchev–Trinajstić information content (AvgIpc) is 2.12. The quantitative estimate of drug-likeness (QED) is 0.405. The van der Waals surface area contributed by atoms with Crippen molar-refractivity contribution in [3.05, 3.63) is 31.3 Å². The minimum Gasteiger partial charge on any atom is -0.293 e. The number of rotatable bonds is 2. The standard InChI is InChI=1S/C9H7Br2IO/c1-5-2-3-6(12)8(9(5)11)7(13)4-10/h2-3H,4H2,1H3. The summed E-state index contributed by atoms with van der Waals surface area (Å²) in [5.41, 5.74) is 1.86. The molecule has 1 rings (SSSR count). The maximum atomic E-state index is 11.5. The Morgan fingerprint density at radius 1 is 1.54 bits per heavy atom. The summed E-state index contributed by atoms with van der Waals surface area (Å²) in [4.78, 5) is 11.5. The lowest BCUT2D eigenvalue weighted by atomic mass is 10.1. The molecule has 0 fully saturated rings. The fourth-order valence-corrected chi connectivity index (χ4v) is 2.95. The predicted molar refractivity (Wildman–Crippen MR) is 69.7 cm³/mol. The number of halogens is 3. The number of Topliss-reactive ketones (excluding diaryl/α,β-unsaturated/α-hetero) is 1. The normalized spacial score (nSPS) is 10.2. The summed E-state index contributed by atoms with van der Waals surface area (Å²) in [7, 11) is 0. The van der Waals surface area contributed by atoms with E-state index in [0.29, 0.717) is 5.33 Å². The number of aryl methyl sites for hydroxylation is 1. The van der Waals surface area contributed by atoms with Crippen LogP contribution in [0.15, 0.2) is 16.6 Å². The summed E-state index contributed by atoms with van der Waals surface area (Å²) in [6, 6.07) is 3.95. The largest absolute Gasteiger partial charge is 0.293 e. The highest BCUT2D eigenvalue weighted by Crippen LogP contribution is 2.26. The molecule has 0 spiro atoms. The molecule has 0 saturated carbocycles. The van der Waals surface area contributed by atoms with Gasteiger partial charge in [0.25, 0.3) is 0 Å². The van der Waals surface area contributed by atoms with Crippen LogP contribution >= 0.6 is 54.5 Å². The molecule has 0 radical (unpaired) electrons. The third kappa shape index (κ3) is 2.53. The van der Waals surface area contributed by atoms with Crippen LogP contribution in [0.5, 0.6) is 0 Å². The van der Waals surface area contributed by atoms with E-state index in [0.717, 1.165) is 19.2 Å². The van der Waals surface area contributed by atoms with E-state index in [4.69, 9.17) is 0 Å². The Morgan fingerprint density at radius 3 is 2.69 bits per heavy atom. The molecule has 0 amide bonds. The molecule has 0 atom stereocenters. The predicted octanol–water partition coefficient (Wildman–Crippen LogP) is 3.94. The molecule has 0 bridgehead atoms. The van der Waals surface area contributed by atoms with Crippen molar-refractivity contribution in [2.75, 3.05) is 5.33 Å². The molecule has 13 heavy (non-hydrogen) atoms. The Hall–Kier alpha value is 0.580. The van der Waals surface area contributed by atoms with Gasteiger partial charge in [-0.1, -0.05) is 22.0 Å². The zero-order chi connectivity index (χ0) is 10.0. The van der Waals surface area contributed by atoms with E-state index in [1.54, 1.807) is 0 Å². The van der Waals surface area contributed by atoms with Gasteiger partial charge in [0.15, 0.2) is 5.78 Å². The first-order valence-electron chi connectivity index (χ1n) is 3.61. The van der Waals surface area contributed by atoms with Crippen LogP contribution in [-0.2, 0) is 0 Å². The molecular weight excluding hydrogens is 411 g/mol. The molecule has 0 saturated heterocycles. The van der Waals surface area contributed by atoms with Gasteiger partial charge in [-0.2, -0.15) is 0 Å². The van der Waals surface area contributed by atoms with Gasteiger partial charge in [-0.15, -0.1) is 0 Å². The van der Waals surface area contributed by atoms with E-state index in [9.17, 15) is 4.79 Å². The first kappa shape index (κ1) is 11.7.